The molecule has 2 rings (SSSR count). The minimum atomic E-state index is -1.45. The third-order valence-electron chi connectivity index (χ3n) is 2.91. The molecule has 1 fully saturated rings. The van der Waals surface area contributed by atoms with Gasteiger partial charge in [0.1, 0.15) is 5.82 Å². The average Bonchev–Trinajstić information content (AvgIpc) is 2.24. The number of halogens is 1. The van der Waals surface area contributed by atoms with E-state index in [0.29, 0.717) is 12.2 Å². The average molecular weight is 225 g/mol. The first-order chi connectivity index (χ1) is 7.52. The lowest BCUT2D eigenvalue weighted by Gasteiger charge is -2.41. The molecule has 3 atom stereocenters. The quantitative estimate of drug-likeness (QED) is 0.758. The number of hydrogen-bond donors (Lipinski definition) is 2. The Morgan fingerprint density at radius 1 is 1.50 bits per heavy atom. The highest BCUT2D eigenvalue weighted by molar-refractivity contribution is 5.23. The van der Waals surface area contributed by atoms with Crippen molar-refractivity contribution < 1.29 is 14.2 Å². The third kappa shape index (κ3) is 1.96. The van der Waals surface area contributed by atoms with E-state index >= 15 is 0 Å². The van der Waals surface area contributed by atoms with Crippen molar-refractivity contribution in [3.05, 3.63) is 35.6 Å². The minimum absolute atomic E-state index is 0.184. The number of morpholine rings is 1. The fourth-order valence-electron chi connectivity index (χ4n) is 2.01. The predicted octanol–water partition coefficient (Wildman–Crippen LogP) is 1.37. The van der Waals surface area contributed by atoms with Gasteiger partial charge in [0.05, 0.1) is 12.6 Å². The van der Waals surface area contributed by atoms with Crippen molar-refractivity contribution in [2.24, 2.45) is 0 Å². The van der Waals surface area contributed by atoms with Gasteiger partial charge in [-0.2, -0.15) is 0 Å². The second-order valence-corrected chi connectivity index (χ2v) is 4.31. The molecule has 1 heterocycles. The fraction of sp³-hybridized carbons (Fsp3) is 0.500. The lowest BCUT2D eigenvalue weighted by atomic mass is 9.96. The number of hydrogen-bond acceptors (Lipinski definition) is 3. The number of aliphatic hydroxyl groups is 1. The number of ether oxygens (including phenoxy) is 1. The molecule has 1 aliphatic heterocycles. The summed E-state index contributed by atoms with van der Waals surface area (Å²) in [7, 11) is 0. The van der Waals surface area contributed by atoms with Crippen molar-refractivity contribution >= 4 is 0 Å². The minimum Gasteiger partial charge on any atom is -0.361 e. The van der Waals surface area contributed by atoms with Crippen LogP contribution in [-0.4, -0.2) is 23.8 Å². The monoisotopic (exact) mass is 225 g/mol. The third-order valence-corrected chi connectivity index (χ3v) is 2.91. The molecule has 0 aromatic heterocycles. The van der Waals surface area contributed by atoms with E-state index in [2.05, 4.69) is 5.32 Å². The highest BCUT2D eigenvalue weighted by atomic mass is 19.1. The fourth-order valence-corrected chi connectivity index (χ4v) is 2.01. The summed E-state index contributed by atoms with van der Waals surface area (Å²) in [5, 5.41) is 13.6. The van der Waals surface area contributed by atoms with Gasteiger partial charge in [-0.1, -0.05) is 12.1 Å². The van der Waals surface area contributed by atoms with Crippen LogP contribution in [0, 0.1) is 5.82 Å². The Morgan fingerprint density at radius 2 is 2.25 bits per heavy atom. The van der Waals surface area contributed by atoms with Crippen LogP contribution in [0.1, 0.15) is 19.4 Å². The van der Waals surface area contributed by atoms with Crippen LogP contribution >= 0.6 is 0 Å². The van der Waals surface area contributed by atoms with Gasteiger partial charge >= 0.3 is 0 Å². The van der Waals surface area contributed by atoms with Gasteiger partial charge in [0, 0.05) is 11.6 Å². The Balaban J connectivity index is 2.31. The molecule has 16 heavy (non-hydrogen) atoms. The van der Waals surface area contributed by atoms with Gasteiger partial charge in [0.25, 0.3) is 0 Å². The highest BCUT2D eigenvalue weighted by Crippen LogP contribution is 2.30. The van der Waals surface area contributed by atoms with Crippen molar-refractivity contribution in [2.45, 2.75) is 31.7 Å². The molecule has 1 aliphatic rings. The summed E-state index contributed by atoms with van der Waals surface area (Å²) in [6.45, 7) is 4.19. The molecule has 0 saturated carbocycles. The number of rotatable bonds is 1. The molecule has 3 unspecified atom stereocenters. The van der Waals surface area contributed by atoms with Crippen LogP contribution in [0.25, 0.3) is 0 Å². The number of nitrogens with one attached hydrogen (secondary N) is 1. The summed E-state index contributed by atoms with van der Waals surface area (Å²) in [4.78, 5) is 0. The molecule has 0 spiro atoms. The van der Waals surface area contributed by atoms with Gasteiger partial charge < -0.3 is 15.2 Å². The first kappa shape index (κ1) is 11.5. The molecule has 1 saturated heterocycles. The van der Waals surface area contributed by atoms with Gasteiger partial charge in [-0.15, -0.1) is 0 Å². The topological polar surface area (TPSA) is 41.5 Å². The Labute approximate surface area is 94.2 Å². The van der Waals surface area contributed by atoms with E-state index in [9.17, 15) is 9.50 Å². The summed E-state index contributed by atoms with van der Waals surface area (Å²) < 4.78 is 18.6. The normalized spacial score (nSPS) is 35.0. The molecular formula is C12H16FNO2. The van der Waals surface area contributed by atoms with Crippen molar-refractivity contribution in [2.75, 3.05) is 6.61 Å². The molecule has 0 bridgehead atoms. The van der Waals surface area contributed by atoms with E-state index < -0.39 is 5.79 Å². The Morgan fingerprint density at radius 3 is 2.88 bits per heavy atom. The summed E-state index contributed by atoms with van der Waals surface area (Å²) in [6.07, 6.45) is 0. The standard InChI is InChI=1S/C12H16FNO2/c1-8-7-16-12(15,9(2)14-8)10-4-3-5-11(13)6-10/h3-6,8-9,14-15H,7H2,1-2H3. The van der Waals surface area contributed by atoms with Crippen molar-refractivity contribution in [1.82, 2.24) is 5.32 Å². The largest absolute Gasteiger partial charge is 0.361 e. The lowest BCUT2D eigenvalue weighted by Crippen LogP contribution is -2.58. The molecule has 0 radical (unpaired) electrons. The molecule has 2 N–H and O–H groups in total. The van der Waals surface area contributed by atoms with Crippen LogP contribution in [0.5, 0.6) is 0 Å². The van der Waals surface area contributed by atoms with Crippen molar-refractivity contribution in [3.8, 4) is 0 Å². The number of benzene rings is 1. The molecular weight excluding hydrogens is 209 g/mol. The Kier molecular flexibility index (Phi) is 2.97. The van der Waals surface area contributed by atoms with E-state index in [1.54, 1.807) is 12.1 Å². The summed E-state index contributed by atoms with van der Waals surface area (Å²) in [5.41, 5.74) is 0.444. The van der Waals surface area contributed by atoms with Crippen LogP contribution in [0.3, 0.4) is 0 Å². The van der Waals surface area contributed by atoms with E-state index in [0.717, 1.165) is 0 Å². The molecule has 0 aliphatic carbocycles. The second-order valence-electron chi connectivity index (χ2n) is 4.31. The molecule has 0 amide bonds. The maximum absolute atomic E-state index is 13.1. The zero-order valence-electron chi connectivity index (χ0n) is 9.40. The predicted molar refractivity (Wildman–Crippen MR) is 58.3 cm³/mol. The molecule has 1 aromatic rings. The van der Waals surface area contributed by atoms with Crippen molar-refractivity contribution in [1.29, 1.82) is 0 Å². The molecule has 1 aromatic carbocycles. The first-order valence-corrected chi connectivity index (χ1v) is 5.41. The van der Waals surface area contributed by atoms with E-state index in [1.807, 2.05) is 13.8 Å². The zero-order valence-corrected chi connectivity index (χ0v) is 9.40. The second kappa shape index (κ2) is 4.13. The van der Waals surface area contributed by atoms with Crippen LogP contribution in [0.4, 0.5) is 4.39 Å². The maximum Gasteiger partial charge on any atom is 0.208 e. The van der Waals surface area contributed by atoms with Crippen molar-refractivity contribution in [3.63, 3.8) is 0 Å². The Hall–Kier alpha value is -0.970. The van der Waals surface area contributed by atoms with E-state index in [1.165, 1.54) is 12.1 Å². The lowest BCUT2D eigenvalue weighted by molar-refractivity contribution is -0.252. The van der Waals surface area contributed by atoms with Gasteiger partial charge in [-0.3, -0.25) is 0 Å². The smallest absolute Gasteiger partial charge is 0.208 e. The van der Waals surface area contributed by atoms with Gasteiger partial charge in [-0.05, 0) is 26.0 Å². The summed E-state index contributed by atoms with van der Waals surface area (Å²) in [5.74, 6) is -1.82. The van der Waals surface area contributed by atoms with E-state index in [4.69, 9.17) is 4.74 Å². The van der Waals surface area contributed by atoms with Crippen LogP contribution in [-0.2, 0) is 10.5 Å². The Bertz CT molecular complexity index is 385. The van der Waals surface area contributed by atoms with Gasteiger partial charge in [-0.25, -0.2) is 4.39 Å². The zero-order chi connectivity index (χ0) is 11.8. The SMILES string of the molecule is CC1COC(O)(c2cccc(F)c2)C(C)N1. The van der Waals surface area contributed by atoms with Crippen LogP contribution in [0.2, 0.25) is 0 Å². The summed E-state index contributed by atoms with van der Waals surface area (Å²) in [6, 6.07) is 5.78. The maximum atomic E-state index is 13.1. The molecule has 3 nitrogen and oxygen atoms in total. The van der Waals surface area contributed by atoms with Crippen LogP contribution in [0.15, 0.2) is 24.3 Å². The molecule has 4 heteroatoms. The van der Waals surface area contributed by atoms with Crippen LogP contribution < -0.4 is 5.32 Å². The highest BCUT2D eigenvalue weighted by Gasteiger charge is 2.41. The van der Waals surface area contributed by atoms with E-state index in [-0.39, 0.29) is 17.9 Å². The molecule has 88 valence electrons. The van der Waals surface area contributed by atoms with Gasteiger partial charge in [0.2, 0.25) is 5.79 Å². The first-order valence-electron chi connectivity index (χ1n) is 5.41. The summed E-state index contributed by atoms with van der Waals surface area (Å²) >= 11 is 0. The van der Waals surface area contributed by atoms with Gasteiger partial charge in [0.15, 0.2) is 0 Å².